The van der Waals surface area contributed by atoms with E-state index in [-0.39, 0.29) is 6.10 Å². The first-order chi connectivity index (χ1) is 8.70. The van der Waals surface area contributed by atoms with Crippen molar-refractivity contribution in [2.24, 2.45) is 0 Å². The minimum Gasteiger partial charge on any atom is -0.485 e. The fourth-order valence-electron chi connectivity index (χ4n) is 1.79. The zero-order valence-electron chi connectivity index (χ0n) is 10.6. The highest BCUT2D eigenvalue weighted by atomic mass is 32.2. The predicted molar refractivity (Wildman–Crippen MR) is 78.1 cm³/mol. The predicted octanol–water partition coefficient (Wildman–Crippen LogP) is 4.13. The first-order valence-electron chi connectivity index (χ1n) is 5.86. The number of rotatable bonds is 4. The molecule has 2 nitrogen and oxygen atoms in total. The topological polar surface area (TPSA) is 35.2 Å². The molecule has 0 saturated carbocycles. The first kappa shape index (κ1) is 12.8. The Labute approximate surface area is 112 Å². The van der Waals surface area contributed by atoms with E-state index in [1.54, 1.807) is 11.8 Å². The maximum absolute atomic E-state index is 6.00. The average molecular weight is 259 g/mol. The second-order valence-electron chi connectivity index (χ2n) is 4.08. The molecule has 1 unspecified atom stereocenters. The van der Waals surface area contributed by atoms with Crippen LogP contribution in [-0.2, 0) is 0 Å². The van der Waals surface area contributed by atoms with E-state index in [4.69, 9.17) is 10.5 Å². The van der Waals surface area contributed by atoms with Crippen molar-refractivity contribution in [3.63, 3.8) is 0 Å². The van der Waals surface area contributed by atoms with Crippen LogP contribution in [0, 0.1) is 0 Å². The van der Waals surface area contributed by atoms with Gasteiger partial charge in [-0.15, -0.1) is 11.8 Å². The second-order valence-corrected chi connectivity index (χ2v) is 4.93. The van der Waals surface area contributed by atoms with Crippen molar-refractivity contribution in [2.75, 3.05) is 12.0 Å². The van der Waals surface area contributed by atoms with Gasteiger partial charge in [0.2, 0.25) is 0 Å². The number of ether oxygens (including phenoxy) is 1. The van der Waals surface area contributed by atoms with Gasteiger partial charge < -0.3 is 10.5 Å². The Morgan fingerprint density at radius 2 is 1.89 bits per heavy atom. The summed E-state index contributed by atoms with van der Waals surface area (Å²) < 4.78 is 6.00. The average Bonchev–Trinajstić information content (AvgIpc) is 2.39. The van der Waals surface area contributed by atoms with E-state index in [0.29, 0.717) is 0 Å². The number of hydrogen-bond donors (Lipinski definition) is 1. The summed E-state index contributed by atoms with van der Waals surface area (Å²) in [4.78, 5) is 1.15. The molecule has 0 fully saturated rings. The van der Waals surface area contributed by atoms with Gasteiger partial charge in [0.25, 0.3) is 0 Å². The van der Waals surface area contributed by atoms with Gasteiger partial charge in [-0.3, -0.25) is 0 Å². The molecule has 0 aliphatic carbocycles. The van der Waals surface area contributed by atoms with Gasteiger partial charge in [0.15, 0.2) is 0 Å². The Morgan fingerprint density at radius 3 is 2.61 bits per heavy atom. The molecular formula is C15H17NOS. The minimum atomic E-state index is -0.0122. The summed E-state index contributed by atoms with van der Waals surface area (Å²) in [5, 5.41) is 0. The van der Waals surface area contributed by atoms with Crippen molar-refractivity contribution in [1.29, 1.82) is 0 Å². The number of nitrogens with two attached hydrogens (primary N) is 1. The van der Waals surface area contributed by atoms with Crippen molar-refractivity contribution in [2.45, 2.75) is 17.9 Å². The lowest BCUT2D eigenvalue weighted by Gasteiger charge is -2.17. The maximum Gasteiger partial charge on any atom is 0.133 e. The van der Waals surface area contributed by atoms with Crippen molar-refractivity contribution < 1.29 is 4.74 Å². The van der Waals surface area contributed by atoms with Crippen LogP contribution in [0.2, 0.25) is 0 Å². The lowest BCUT2D eigenvalue weighted by molar-refractivity contribution is 0.221. The van der Waals surface area contributed by atoms with Gasteiger partial charge >= 0.3 is 0 Å². The third kappa shape index (κ3) is 2.99. The first-order valence-corrected chi connectivity index (χ1v) is 7.08. The zero-order valence-corrected chi connectivity index (χ0v) is 11.4. The molecule has 0 aliphatic heterocycles. The number of hydrogen-bond acceptors (Lipinski definition) is 3. The normalized spacial score (nSPS) is 12.1. The lowest BCUT2D eigenvalue weighted by atomic mass is 10.1. The number of anilines is 1. The summed E-state index contributed by atoms with van der Waals surface area (Å²) >= 11 is 1.69. The molecule has 2 N–H and O–H groups in total. The fourth-order valence-corrected chi connectivity index (χ4v) is 2.32. The van der Waals surface area contributed by atoms with Crippen LogP contribution in [0.15, 0.2) is 53.4 Å². The van der Waals surface area contributed by atoms with E-state index >= 15 is 0 Å². The molecule has 0 heterocycles. The number of thioether (sulfide) groups is 1. The molecule has 0 spiro atoms. The monoisotopic (exact) mass is 259 g/mol. The lowest BCUT2D eigenvalue weighted by Crippen LogP contribution is -2.04. The molecule has 3 heteroatoms. The van der Waals surface area contributed by atoms with E-state index in [0.717, 1.165) is 21.9 Å². The summed E-state index contributed by atoms with van der Waals surface area (Å²) in [6, 6.07) is 15.9. The van der Waals surface area contributed by atoms with Gasteiger partial charge in [0.05, 0.1) is 0 Å². The molecule has 0 saturated heterocycles. The molecule has 0 aliphatic rings. The van der Waals surface area contributed by atoms with E-state index in [1.165, 1.54) is 0 Å². The van der Waals surface area contributed by atoms with Crippen LogP contribution in [0.25, 0.3) is 0 Å². The van der Waals surface area contributed by atoms with Crippen LogP contribution in [0.4, 0.5) is 5.69 Å². The highest BCUT2D eigenvalue weighted by Gasteiger charge is 2.09. The standard InChI is InChI=1S/C15H17NOS/c1-11(12-6-5-7-13(16)10-12)17-14-8-3-4-9-15(14)18-2/h3-11H,16H2,1-2H3. The second kappa shape index (κ2) is 5.83. The Hall–Kier alpha value is -1.61. The summed E-state index contributed by atoms with van der Waals surface area (Å²) in [5.74, 6) is 0.917. The van der Waals surface area contributed by atoms with Crippen molar-refractivity contribution >= 4 is 17.4 Å². The molecule has 0 amide bonds. The molecule has 1 atom stereocenters. The van der Waals surface area contributed by atoms with E-state index in [2.05, 4.69) is 6.07 Å². The van der Waals surface area contributed by atoms with Crippen LogP contribution in [0.3, 0.4) is 0 Å². The van der Waals surface area contributed by atoms with Gasteiger partial charge in [-0.2, -0.15) is 0 Å². The Kier molecular flexibility index (Phi) is 4.15. The summed E-state index contributed by atoms with van der Waals surface area (Å²) in [7, 11) is 0. The molecule has 0 radical (unpaired) electrons. The van der Waals surface area contributed by atoms with Crippen LogP contribution in [-0.4, -0.2) is 6.26 Å². The van der Waals surface area contributed by atoms with E-state index in [9.17, 15) is 0 Å². The van der Waals surface area contributed by atoms with Crippen molar-refractivity contribution in [3.05, 3.63) is 54.1 Å². The van der Waals surface area contributed by atoms with Crippen molar-refractivity contribution in [3.8, 4) is 5.75 Å². The number of nitrogen functional groups attached to an aromatic ring is 1. The SMILES string of the molecule is CSc1ccccc1OC(C)c1cccc(N)c1. The molecule has 2 rings (SSSR count). The summed E-state index contributed by atoms with van der Waals surface area (Å²) in [6.45, 7) is 2.03. The Bertz CT molecular complexity index is 527. The molecule has 0 bridgehead atoms. The van der Waals surface area contributed by atoms with Crippen molar-refractivity contribution in [1.82, 2.24) is 0 Å². The third-order valence-corrected chi connectivity index (χ3v) is 3.53. The van der Waals surface area contributed by atoms with Crippen LogP contribution in [0.5, 0.6) is 5.75 Å². The quantitative estimate of drug-likeness (QED) is 0.662. The van der Waals surface area contributed by atoms with Crippen LogP contribution < -0.4 is 10.5 Å². The summed E-state index contributed by atoms with van der Waals surface area (Å²) in [6.07, 6.45) is 2.04. The molecule has 94 valence electrons. The highest BCUT2D eigenvalue weighted by Crippen LogP contribution is 2.31. The summed E-state index contributed by atoms with van der Waals surface area (Å²) in [5.41, 5.74) is 7.64. The molecule has 2 aromatic rings. The zero-order chi connectivity index (χ0) is 13.0. The molecule has 2 aromatic carbocycles. The number of para-hydroxylation sites is 1. The van der Waals surface area contributed by atoms with Gasteiger partial charge in [-0.1, -0.05) is 24.3 Å². The number of benzene rings is 2. The van der Waals surface area contributed by atoms with E-state index in [1.807, 2.05) is 55.6 Å². The van der Waals surface area contributed by atoms with Crippen LogP contribution in [0.1, 0.15) is 18.6 Å². The maximum atomic E-state index is 6.00. The van der Waals surface area contributed by atoms with Gasteiger partial charge in [-0.25, -0.2) is 0 Å². The third-order valence-electron chi connectivity index (χ3n) is 2.75. The van der Waals surface area contributed by atoms with Gasteiger partial charge in [0, 0.05) is 10.6 Å². The molecular weight excluding hydrogens is 242 g/mol. The van der Waals surface area contributed by atoms with Gasteiger partial charge in [0.1, 0.15) is 11.9 Å². The Morgan fingerprint density at radius 1 is 1.11 bits per heavy atom. The Balaban J connectivity index is 2.18. The highest BCUT2D eigenvalue weighted by molar-refractivity contribution is 7.98. The van der Waals surface area contributed by atoms with E-state index < -0.39 is 0 Å². The molecule has 0 aromatic heterocycles. The largest absolute Gasteiger partial charge is 0.485 e. The van der Waals surface area contributed by atoms with Crippen LogP contribution >= 0.6 is 11.8 Å². The van der Waals surface area contributed by atoms with Gasteiger partial charge in [-0.05, 0) is 43.0 Å². The molecule has 18 heavy (non-hydrogen) atoms. The minimum absolute atomic E-state index is 0.0122. The smallest absolute Gasteiger partial charge is 0.133 e. The fraction of sp³-hybridized carbons (Fsp3) is 0.200.